The first-order chi connectivity index (χ1) is 8.65. The maximum Gasteiger partial charge on any atom is 0.319 e. The molecule has 0 spiro atoms. The van der Waals surface area contributed by atoms with Gasteiger partial charge >= 0.3 is 6.03 Å². The molecule has 0 aliphatic carbocycles. The van der Waals surface area contributed by atoms with Crippen molar-refractivity contribution in [3.8, 4) is 0 Å². The fraction of sp³-hybridized carbons (Fsp3) is 0.0833. The van der Waals surface area contributed by atoms with Gasteiger partial charge in [0.2, 0.25) is 0 Å². The monoisotopic (exact) mass is 328 g/mol. The number of halogens is 2. The third-order valence-corrected chi connectivity index (χ3v) is 4.11. The molecule has 2 amide bonds. The molecule has 0 bridgehead atoms. The predicted molar refractivity (Wildman–Crippen MR) is 74.3 cm³/mol. The molecule has 0 unspecified atom stereocenters. The smallest absolute Gasteiger partial charge is 0.319 e. The molecule has 1 aromatic carbocycles. The molecule has 3 nitrogen and oxygen atoms in total. The van der Waals surface area contributed by atoms with Gasteiger partial charge in [0.25, 0.3) is 0 Å². The van der Waals surface area contributed by atoms with Crippen LogP contribution >= 0.6 is 27.3 Å². The molecule has 94 valence electrons. The molecule has 2 rings (SSSR count). The van der Waals surface area contributed by atoms with E-state index in [1.165, 1.54) is 12.1 Å². The van der Waals surface area contributed by atoms with Gasteiger partial charge in [0.15, 0.2) is 0 Å². The highest BCUT2D eigenvalue weighted by Crippen LogP contribution is 2.22. The van der Waals surface area contributed by atoms with Crippen LogP contribution in [0, 0.1) is 5.82 Å². The number of thiophene rings is 1. The lowest BCUT2D eigenvalue weighted by Gasteiger charge is -2.07. The lowest BCUT2D eigenvalue weighted by Crippen LogP contribution is -2.27. The Labute approximate surface area is 116 Å². The first kappa shape index (κ1) is 13.0. The van der Waals surface area contributed by atoms with Gasteiger partial charge in [0, 0.05) is 15.0 Å². The normalized spacial score (nSPS) is 10.1. The Bertz CT molecular complexity index is 559. The summed E-state index contributed by atoms with van der Waals surface area (Å²) >= 11 is 4.93. The summed E-state index contributed by atoms with van der Waals surface area (Å²) in [5.74, 6) is -0.381. The SMILES string of the molecule is O=C(NCc1sccc1Br)Nc1cccc(F)c1. The van der Waals surface area contributed by atoms with E-state index in [4.69, 9.17) is 0 Å². The largest absolute Gasteiger partial charge is 0.333 e. The second kappa shape index (κ2) is 5.97. The quantitative estimate of drug-likeness (QED) is 0.879. The number of hydrogen-bond donors (Lipinski definition) is 2. The summed E-state index contributed by atoms with van der Waals surface area (Å²) in [7, 11) is 0. The summed E-state index contributed by atoms with van der Waals surface area (Å²) < 4.78 is 13.9. The number of nitrogens with one attached hydrogen (secondary N) is 2. The van der Waals surface area contributed by atoms with Crippen molar-refractivity contribution in [1.29, 1.82) is 0 Å². The molecule has 1 aromatic heterocycles. The number of carbonyl (C=O) groups excluding carboxylic acids is 1. The van der Waals surface area contributed by atoms with Crippen LogP contribution in [0.15, 0.2) is 40.2 Å². The Balaban J connectivity index is 1.88. The molecule has 2 N–H and O–H groups in total. The number of hydrogen-bond acceptors (Lipinski definition) is 2. The molecule has 2 aromatic rings. The number of benzene rings is 1. The molecule has 0 atom stereocenters. The Morgan fingerprint density at radius 1 is 1.39 bits per heavy atom. The second-order valence-electron chi connectivity index (χ2n) is 3.51. The van der Waals surface area contributed by atoms with Crippen LogP contribution < -0.4 is 10.6 Å². The van der Waals surface area contributed by atoms with E-state index in [9.17, 15) is 9.18 Å². The average molecular weight is 329 g/mol. The summed E-state index contributed by atoms with van der Waals surface area (Å²) in [6, 6.07) is 7.32. The second-order valence-corrected chi connectivity index (χ2v) is 5.36. The van der Waals surface area contributed by atoms with Gasteiger partial charge in [-0.1, -0.05) is 6.07 Å². The van der Waals surface area contributed by atoms with E-state index in [-0.39, 0.29) is 11.8 Å². The number of carbonyl (C=O) groups is 1. The van der Waals surface area contributed by atoms with Crippen LogP contribution in [0.1, 0.15) is 4.88 Å². The van der Waals surface area contributed by atoms with E-state index in [0.717, 1.165) is 9.35 Å². The van der Waals surface area contributed by atoms with Crippen LogP contribution in [0.25, 0.3) is 0 Å². The van der Waals surface area contributed by atoms with Crippen molar-refractivity contribution in [1.82, 2.24) is 5.32 Å². The first-order valence-electron chi connectivity index (χ1n) is 5.17. The van der Waals surface area contributed by atoms with Crippen LogP contribution in [-0.4, -0.2) is 6.03 Å². The van der Waals surface area contributed by atoms with Crippen LogP contribution in [0.5, 0.6) is 0 Å². The van der Waals surface area contributed by atoms with Crippen LogP contribution in [0.4, 0.5) is 14.9 Å². The number of rotatable bonds is 3. The van der Waals surface area contributed by atoms with Gasteiger partial charge in [-0.05, 0) is 45.6 Å². The Hall–Kier alpha value is -1.40. The molecule has 0 fully saturated rings. The lowest BCUT2D eigenvalue weighted by atomic mass is 10.3. The molecule has 0 radical (unpaired) electrons. The molecule has 0 aliphatic rings. The molecule has 1 heterocycles. The Kier molecular flexibility index (Phi) is 4.33. The minimum atomic E-state index is -0.381. The van der Waals surface area contributed by atoms with Gasteiger partial charge in [0.1, 0.15) is 5.82 Å². The zero-order chi connectivity index (χ0) is 13.0. The molecule has 0 aliphatic heterocycles. The topological polar surface area (TPSA) is 41.1 Å². The Morgan fingerprint density at radius 2 is 2.22 bits per heavy atom. The van der Waals surface area contributed by atoms with E-state index in [1.807, 2.05) is 11.4 Å². The van der Waals surface area contributed by atoms with Gasteiger partial charge in [-0.2, -0.15) is 0 Å². The zero-order valence-electron chi connectivity index (χ0n) is 9.24. The third-order valence-electron chi connectivity index (χ3n) is 2.18. The van der Waals surface area contributed by atoms with Crippen molar-refractivity contribution < 1.29 is 9.18 Å². The summed E-state index contributed by atoms with van der Waals surface area (Å²) in [5.41, 5.74) is 0.428. The lowest BCUT2D eigenvalue weighted by molar-refractivity contribution is 0.252. The molecule has 18 heavy (non-hydrogen) atoms. The van der Waals surface area contributed by atoms with Crippen molar-refractivity contribution in [2.45, 2.75) is 6.54 Å². The number of amides is 2. The molecule has 0 saturated carbocycles. The van der Waals surface area contributed by atoms with Gasteiger partial charge < -0.3 is 10.6 Å². The fourth-order valence-electron chi connectivity index (χ4n) is 1.35. The van der Waals surface area contributed by atoms with Crippen molar-refractivity contribution in [3.63, 3.8) is 0 Å². The first-order valence-corrected chi connectivity index (χ1v) is 6.85. The van der Waals surface area contributed by atoms with Crippen LogP contribution in [0.2, 0.25) is 0 Å². The van der Waals surface area contributed by atoms with Gasteiger partial charge in [0.05, 0.1) is 6.54 Å². The van der Waals surface area contributed by atoms with Crippen molar-refractivity contribution in [2.75, 3.05) is 5.32 Å². The highest BCUT2D eigenvalue weighted by Gasteiger charge is 2.05. The number of urea groups is 1. The summed E-state index contributed by atoms with van der Waals surface area (Å²) in [5, 5.41) is 7.20. The van der Waals surface area contributed by atoms with E-state index in [1.54, 1.807) is 23.5 Å². The van der Waals surface area contributed by atoms with Crippen molar-refractivity contribution in [2.24, 2.45) is 0 Å². The Morgan fingerprint density at radius 3 is 2.89 bits per heavy atom. The highest BCUT2D eigenvalue weighted by atomic mass is 79.9. The molecule has 6 heteroatoms. The third kappa shape index (κ3) is 3.54. The minimum Gasteiger partial charge on any atom is -0.333 e. The van der Waals surface area contributed by atoms with E-state index in [2.05, 4.69) is 26.6 Å². The van der Waals surface area contributed by atoms with E-state index < -0.39 is 0 Å². The van der Waals surface area contributed by atoms with Gasteiger partial charge in [-0.3, -0.25) is 0 Å². The van der Waals surface area contributed by atoms with Gasteiger partial charge in [-0.15, -0.1) is 11.3 Å². The number of anilines is 1. The van der Waals surface area contributed by atoms with Crippen LogP contribution in [-0.2, 0) is 6.54 Å². The maximum atomic E-state index is 12.9. The molecule has 0 saturated heterocycles. The maximum absolute atomic E-state index is 12.9. The molecular weight excluding hydrogens is 319 g/mol. The van der Waals surface area contributed by atoms with Crippen molar-refractivity contribution >= 4 is 39.0 Å². The minimum absolute atomic E-state index is 0.360. The predicted octanol–water partition coefficient (Wildman–Crippen LogP) is 3.97. The van der Waals surface area contributed by atoms with E-state index >= 15 is 0 Å². The summed E-state index contributed by atoms with van der Waals surface area (Å²) in [6.07, 6.45) is 0. The molecular formula is C12H10BrFN2OS. The van der Waals surface area contributed by atoms with Crippen LogP contribution in [0.3, 0.4) is 0 Å². The summed E-state index contributed by atoms with van der Waals surface area (Å²) in [6.45, 7) is 0.430. The average Bonchev–Trinajstić information content (AvgIpc) is 2.72. The standard InChI is InChI=1S/C12H10BrFN2OS/c13-10-4-5-18-11(10)7-15-12(17)16-9-3-1-2-8(14)6-9/h1-6H,7H2,(H2,15,16,17). The van der Waals surface area contributed by atoms with Crippen molar-refractivity contribution in [3.05, 3.63) is 50.9 Å². The highest BCUT2D eigenvalue weighted by molar-refractivity contribution is 9.10. The zero-order valence-corrected chi connectivity index (χ0v) is 11.6. The van der Waals surface area contributed by atoms with E-state index in [0.29, 0.717) is 12.2 Å². The van der Waals surface area contributed by atoms with Gasteiger partial charge in [-0.25, -0.2) is 9.18 Å². The fourth-order valence-corrected chi connectivity index (χ4v) is 2.79. The summed E-state index contributed by atoms with van der Waals surface area (Å²) in [4.78, 5) is 12.6.